The molecule has 0 unspecified atom stereocenters. The van der Waals surface area contributed by atoms with Crippen molar-refractivity contribution in [3.63, 3.8) is 0 Å². The summed E-state index contributed by atoms with van der Waals surface area (Å²) < 4.78 is 4.79. The fourth-order valence-corrected chi connectivity index (χ4v) is 1.63. The van der Waals surface area contributed by atoms with Gasteiger partial charge in [0.05, 0.1) is 13.7 Å². The van der Waals surface area contributed by atoms with Gasteiger partial charge in [0.2, 0.25) is 0 Å². The molecule has 0 aliphatic heterocycles. The minimum Gasteiger partial charge on any atom is -0.452 e. The highest BCUT2D eigenvalue weighted by molar-refractivity contribution is 5.86. The number of nitrogens with zero attached hydrogens (tertiary/aromatic N) is 2. The Morgan fingerprint density at radius 1 is 1.17 bits per heavy atom. The number of benzene rings is 1. The van der Waals surface area contributed by atoms with E-state index in [2.05, 4.69) is 4.98 Å². The third kappa shape index (κ3) is 2.85. The molecule has 4 nitrogen and oxygen atoms in total. The molecule has 0 N–H and O–H groups in total. The van der Waals surface area contributed by atoms with E-state index in [9.17, 15) is 4.79 Å². The summed E-state index contributed by atoms with van der Waals surface area (Å²) in [5.74, 6) is 0.577. The van der Waals surface area contributed by atoms with Gasteiger partial charge in [-0.05, 0) is 17.7 Å². The van der Waals surface area contributed by atoms with Crippen LogP contribution in [0.15, 0.2) is 54.7 Å². The van der Waals surface area contributed by atoms with E-state index in [-0.39, 0.29) is 0 Å². The van der Waals surface area contributed by atoms with E-state index < -0.39 is 6.09 Å². The van der Waals surface area contributed by atoms with Crippen molar-refractivity contribution in [2.24, 2.45) is 0 Å². The Morgan fingerprint density at radius 2 is 1.89 bits per heavy atom. The van der Waals surface area contributed by atoms with Crippen molar-refractivity contribution in [2.45, 2.75) is 6.54 Å². The first-order chi connectivity index (χ1) is 8.81. The average Bonchev–Trinajstić information content (AvgIpc) is 2.46. The molecule has 0 radical (unpaired) electrons. The van der Waals surface area contributed by atoms with Crippen LogP contribution in [-0.2, 0) is 11.3 Å². The van der Waals surface area contributed by atoms with Crippen LogP contribution < -0.4 is 4.90 Å². The fourth-order valence-electron chi connectivity index (χ4n) is 1.63. The summed E-state index contributed by atoms with van der Waals surface area (Å²) in [5, 5.41) is 0. The number of amides is 1. The first-order valence-corrected chi connectivity index (χ1v) is 5.61. The molecule has 1 heterocycles. The van der Waals surface area contributed by atoms with Gasteiger partial charge in [-0.15, -0.1) is 0 Å². The normalized spacial score (nSPS) is 9.83. The lowest BCUT2D eigenvalue weighted by Crippen LogP contribution is -2.30. The Kier molecular flexibility index (Phi) is 3.91. The zero-order valence-electron chi connectivity index (χ0n) is 10.1. The number of anilines is 1. The van der Waals surface area contributed by atoms with Gasteiger partial charge in [0.15, 0.2) is 0 Å². The maximum absolute atomic E-state index is 11.8. The minimum absolute atomic E-state index is 0.419. The van der Waals surface area contributed by atoms with Crippen molar-refractivity contribution >= 4 is 11.9 Å². The van der Waals surface area contributed by atoms with Crippen molar-refractivity contribution in [1.29, 1.82) is 0 Å². The minimum atomic E-state index is -0.419. The van der Waals surface area contributed by atoms with Crippen LogP contribution in [0, 0.1) is 0 Å². The number of carbonyl (C=O) groups is 1. The Morgan fingerprint density at radius 3 is 2.50 bits per heavy atom. The smallest absolute Gasteiger partial charge is 0.415 e. The maximum Gasteiger partial charge on any atom is 0.415 e. The van der Waals surface area contributed by atoms with Crippen LogP contribution in [0.3, 0.4) is 0 Å². The molecule has 1 aromatic heterocycles. The van der Waals surface area contributed by atoms with Crippen molar-refractivity contribution in [3.8, 4) is 0 Å². The zero-order chi connectivity index (χ0) is 12.8. The molecule has 0 spiro atoms. The SMILES string of the molecule is COC(=O)N(Cc1ccccc1)c1ccccn1. The molecule has 0 atom stereocenters. The summed E-state index contributed by atoms with van der Waals surface area (Å²) in [6.07, 6.45) is 1.23. The number of pyridine rings is 1. The van der Waals surface area contributed by atoms with Gasteiger partial charge < -0.3 is 4.74 Å². The zero-order valence-corrected chi connectivity index (χ0v) is 10.1. The maximum atomic E-state index is 11.8. The molecule has 0 saturated carbocycles. The highest BCUT2D eigenvalue weighted by atomic mass is 16.5. The van der Waals surface area contributed by atoms with Crippen LogP contribution in [0.2, 0.25) is 0 Å². The largest absolute Gasteiger partial charge is 0.452 e. The second kappa shape index (κ2) is 5.82. The Hall–Kier alpha value is -2.36. The number of aromatic nitrogens is 1. The quantitative estimate of drug-likeness (QED) is 0.831. The van der Waals surface area contributed by atoms with Crippen molar-refractivity contribution < 1.29 is 9.53 Å². The Balaban J connectivity index is 2.24. The van der Waals surface area contributed by atoms with Crippen LogP contribution in [-0.4, -0.2) is 18.2 Å². The van der Waals surface area contributed by atoms with Gasteiger partial charge in [0.1, 0.15) is 5.82 Å². The molecule has 0 saturated heterocycles. The monoisotopic (exact) mass is 242 g/mol. The lowest BCUT2D eigenvalue weighted by Gasteiger charge is -2.20. The summed E-state index contributed by atoms with van der Waals surface area (Å²) in [6.45, 7) is 0.435. The molecular weight excluding hydrogens is 228 g/mol. The molecule has 1 aromatic carbocycles. The topological polar surface area (TPSA) is 42.4 Å². The van der Waals surface area contributed by atoms with Gasteiger partial charge in [-0.2, -0.15) is 0 Å². The second-order valence-corrected chi connectivity index (χ2v) is 3.73. The van der Waals surface area contributed by atoms with Gasteiger partial charge in [0, 0.05) is 6.20 Å². The highest BCUT2D eigenvalue weighted by Crippen LogP contribution is 2.14. The number of hydrogen-bond acceptors (Lipinski definition) is 3. The summed E-state index contributed by atoms with van der Waals surface area (Å²) in [7, 11) is 1.36. The van der Waals surface area contributed by atoms with Crippen LogP contribution in [0.1, 0.15) is 5.56 Å². The van der Waals surface area contributed by atoms with Gasteiger partial charge in [0.25, 0.3) is 0 Å². The van der Waals surface area contributed by atoms with Gasteiger partial charge >= 0.3 is 6.09 Å². The van der Waals surface area contributed by atoms with Crippen molar-refractivity contribution in [3.05, 3.63) is 60.3 Å². The predicted octanol–water partition coefficient (Wildman–Crippen LogP) is 2.85. The van der Waals surface area contributed by atoms with Gasteiger partial charge in [-0.1, -0.05) is 36.4 Å². The van der Waals surface area contributed by atoms with Crippen molar-refractivity contribution in [2.75, 3.05) is 12.0 Å². The molecule has 1 amide bonds. The molecule has 4 heteroatoms. The standard InChI is InChI=1S/C14H14N2O2/c1-18-14(17)16(13-9-5-6-10-15-13)11-12-7-3-2-4-8-12/h2-10H,11H2,1H3. The van der Waals surface area contributed by atoms with E-state index in [4.69, 9.17) is 4.74 Å². The van der Waals surface area contributed by atoms with Crippen LogP contribution in [0.4, 0.5) is 10.6 Å². The fraction of sp³-hybridized carbons (Fsp3) is 0.143. The van der Waals surface area contributed by atoms with Gasteiger partial charge in [-0.25, -0.2) is 9.78 Å². The van der Waals surface area contributed by atoms with E-state index >= 15 is 0 Å². The molecular formula is C14H14N2O2. The van der Waals surface area contributed by atoms with E-state index in [0.29, 0.717) is 12.4 Å². The molecule has 2 aromatic rings. The average molecular weight is 242 g/mol. The Labute approximate surface area is 106 Å². The van der Waals surface area contributed by atoms with E-state index in [1.54, 1.807) is 12.3 Å². The first kappa shape index (κ1) is 12.1. The molecule has 0 fully saturated rings. The molecule has 0 aliphatic carbocycles. The first-order valence-electron chi connectivity index (χ1n) is 5.61. The number of methoxy groups -OCH3 is 1. The molecule has 18 heavy (non-hydrogen) atoms. The lowest BCUT2D eigenvalue weighted by molar-refractivity contribution is 0.178. The van der Waals surface area contributed by atoms with Crippen LogP contribution in [0.5, 0.6) is 0 Å². The highest BCUT2D eigenvalue weighted by Gasteiger charge is 2.17. The van der Waals surface area contributed by atoms with E-state index in [0.717, 1.165) is 5.56 Å². The number of hydrogen-bond donors (Lipinski definition) is 0. The lowest BCUT2D eigenvalue weighted by atomic mass is 10.2. The predicted molar refractivity (Wildman–Crippen MR) is 69.3 cm³/mol. The van der Waals surface area contributed by atoms with Crippen LogP contribution >= 0.6 is 0 Å². The molecule has 0 aliphatic rings. The molecule has 2 rings (SSSR count). The summed E-state index contributed by atoms with van der Waals surface area (Å²) >= 11 is 0. The van der Waals surface area contributed by atoms with Crippen molar-refractivity contribution in [1.82, 2.24) is 4.98 Å². The third-order valence-corrected chi connectivity index (χ3v) is 2.50. The summed E-state index contributed by atoms with van der Waals surface area (Å²) in [4.78, 5) is 17.4. The van der Waals surface area contributed by atoms with Crippen LogP contribution in [0.25, 0.3) is 0 Å². The van der Waals surface area contributed by atoms with E-state index in [1.807, 2.05) is 42.5 Å². The molecule has 92 valence electrons. The van der Waals surface area contributed by atoms with E-state index in [1.165, 1.54) is 12.0 Å². The summed E-state index contributed by atoms with van der Waals surface area (Å²) in [6, 6.07) is 15.1. The number of ether oxygens (including phenoxy) is 1. The second-order valence-electron chi connectivity index (χ2n) is 3.73. The summed E-state index contributed by atoms with van der Waals surface area (Å²) in [5.41, 5.74) is 1.02. The van der Waals surface area contributed by atoms with Gasteiger partial charge in [-0.3, -0.25) is 4.90 Å². The number of rotatable bonds is 3. The Bertz CT molecular complexity index is 500. The third-order valence-electron chi connectivity index (χ3n) is 2.50. The number of carbonyl (C=O) groups excluding carboxylic acids is 1. The molecule has 0 bridgehead atoms.